The Morgan fingerprint density at radius 3 is 2.34 bits per heavy atom. The maximum absolute atomic E-state index is 11.7. The van der Waals surface area contributed by atoms with Gasteiger partial charge in [0.2, 0.25) is 5.91 Å². The Morgan fingerprint density at radius 1 is 1.14 bits per heavy atom. The molecule has 3 aromatic rings. The summed E-state index contributed by atoms with van der Waals surface area (Å²) >= 11 is 1.31. The third-order valence-electron chi connectivity index (χ3n) is 4.51. The summed E-state index contributed by atoms with van der Waals surface area (Å²) < 4.78 is 0. The van der Waals surface area contributed by atoms with Crippen LogP contribution >= 0.6 is 11.3 Å². The maximum Gasteiger partial charge on any atom is 0.221 e. The van der Waals surface area contributed by atoms with Gasteiger partial charge in [0.05, 0.1) is 5.57 Å². The van der Waals surface area contributed by atoms with Gasteiger partial charge < -0.3 is 5.32 Å². The number of nitrogens with zero attached hydrogens (tertiary/aromatic N) is 2. The maximum atomic E-state index is 11.7. The Hall–Kier alpha value is -3.23. The van der Waals surface area contributed by atoms with E-state index >= 15 is 0 Å². The second kappa shape index (κ2) is 8.85. The molecule has 3 rings (SSSR count). The number of amides is 1. The van der Waals surface area contributed by atoms with Gasteiger partial charge in [0.1, 0.15) is 21.8 Å². The van der Waals surface area contributed by atoms with E-state index in [9.17, 15) is 10.1 Å². The number of nitriles is 1. The van der Waals surface area contributed by atoms with Crippen LogP contribution in [0.3, 0.4) is 0 Å². The van der Waals surface area contributed by atoms with Gasteiger partial charge in [-0.3, -0.25) is 4.79 Å². The van der Waals surface area contributed by atoms with Gasteiger partial charge >= 0.3 is 0 Å². The van der Waals surface area contributed by atoms with Crippen LogP contribution in [0.25, 0.3) is 22.9 Å². The lowest BCUT2D eigenvalue weighted by atomic mass is 10.0. The quantitative estimate of drug-likeness (QED) is 0.513. The number of benzene rings is 2. The van der Waals surface area contributed by atoms with Gasteiger partial charge in [0.15, 0.2) is 0 Å². The van der Waals surface area contributed by atoms with Crippen LogP contribution in [0.1, 0.15) is 48.4 Å². The lowest BCUT2D eigenvalue weighted by Gasteiger charge is -2.04. The van der Waals surface area contributed by atoms with Crippen molar-refractivity contribution in [2.45, 2.75) is 33.6 Å². The first-order chi connectivity index (χ1) is 13.9. The van der Waals surface area contributed by atoms with Crippen molar-refractivity contribution in [2.75, 3.05) is 5.32 Å². The number of anilines is 1. The van der Waals surface area contributed by atoms with Gasteiger partial charge in [-0.2, -0.15) is 5.26 Å². The van der Waals surface area contributed by atoms with Crippen molar-refractivity contribution in [3.8, 4) is 17.3 Å². The summed E-state index contributed by atoms with van der Waals surface area (Å²) in [5, 5.41) is 13.8. The molecule has 5 heteroatoms. The third kappa shape index (κ3) is 4.98. The summed E-state index contributed by atoms with van der Waals surface area (Å²) in [7, 11) is 0. The fourth-order valence-electron chi connectivity index (χ4n) is 2.87. The van der Waals surface area contributed by atoms with E-state index in [1.807, 2.05) is 49.4 Å². The van der Waals surface area contributed by atoms with E-state index in [2.05, 4.69) is 42.4 Å². The van der Waals surface area contributed by atoms with Gasteiger partial charge in [0.25, 0.3) is 0 Å². The fourth-order valence-corrected chi connectivity index (χ4v) is 3.87. The molecule has 1 aromatic heterocycles. The van der Waals surface area contributed by atoms with Crippen molar-refractivity contribution in [2.24, 2.45) is 0 Å². The minimum absolute atomic E-state index is 0.166. The second-order valence-electron chi connectivity index (χ2n) is 7.24. The first-order valence-electron chi connectivity index (χ1n) is 9.45. The molecule has 0 aliphatic carbocycles. The van der Waals surface area contributed by atoms with Crippen molar-refractivity contribution < 1.29 is 4.79 Å². The molecule has 1 heterocycles. The lowest BCUT2D eigenvalue weighted by Crippen LogP contribution is -2.05. The Kier molecular flexibility index (Phi) is 6.26. The van der Waals surface area contributed by atoms with Gasteiger partial charge in [-0.15, -0.1) is 0 Å². The fraction of sp³-hybridized carbons (Fsp3) is 0.208. The number of hydrogen-bond donors (Lipinski definition) is 1. The van der Waals surface area contributed by atoms with Gasteiger partial charge in [-0.05, 0) is 30.0 Å². The largest absolute Gasteiger partial charge is 0.316 e. The predicted octanol–water partition coefficient (Wildman–Crippen LogP) is 6.26. The molecule has 4 nitrogen and oxygen atoms in total. The topological polar surface area (TPSA) is 65.8 Å². The van der Waals surface area contributed by atoms with Crippen LogP contribution in [0.5, 0.6) is 0 Å². The number of rotatable bonds is 5. The number of aromatic nitrogens is 1. The molecule has 0 radical (unpaired) electrons. The molecule has 0 bridgehead atoms. The van der Waals surface area contributed by atoms with E-state index in [1.54, 1.807) is 0 Å². The van der Waals surface area contributed by atoms with Crippen molar-refractivity contribution >= 4 is 33.9 Å². The predicted molar refractivity (Wildman–Crippen MR) is 121 cm³/mol. The molecular formula is C24H23N3OS. The zero-order valence-corrected chi connectivity index (χ0v) is 17.8. The van der Waals surface area contributed by atoms with Gasteiger partial charge in [-0.1, -0.05) is 79.3 Å². The first kappa shape index (κ1) is 20.5. The SMILES string of the molecule is CC(=O)Nc1sc(C(C#N)=Cc2ccc(C(C)C)cc2)nc1-c1ccc(C)cc1. The van der Waals surface area contributed by atoms with E-state index in [4.69, 9.17) is 0 Å². The summed E-state index contributed by atoms with van der Waals surface area (Å²) in [6.45, 7) is 7.79. The van der Waals surface area contributed by atoms with Crippen LogP contribution in [-0.2, 0) is 4.79 Å². The number of carbonyl (C=O) groups is 1. The molecule has 2 aromatic carbocycles. The highest BCUT2D eigenvalue weighted by Crippen LogP contribution is 2.36. The highest BCUT2D eigenvalue weighted by Gasteiger charge is 2.17. The minimum atomic E-state index is -0.166. The van der Waals surface area contributed by atoms with E-state index in [-0.39, 0.29) is 5.91 Å². The monoisotopic (exact) mass is 401 g/mol. The molecule has 0 fully saturated rings. The zero-order valence-electron chi connectivity index (χ0n) is 17.0. The van der Waals surface area contributed by atoms with E-state index in [1.165, 1.54) is 23.8 Å². The molecule has 0 aliphatic heterocycles. The normalized spacial score (nSPS) is 11.4. The average molecular weight is 402 g/mol. The number of carbonyl (C=O) groups excluding carboxylic acids is 1. The molecule has 0 unspecified atom stereocenters. The molecule has 0 saturated carbocycles. The summed E-state index contributed by atoms with van der Waals surface area (Å²) in [5.74, 6) is 0.292. The smallest absolute Gasteiger partial charge is 0.221 e. The van der Waals surface area contributed by atoms with E-state index in [0.29, 0.717) is 27.2 Å². The van der Waals surface area contributed by atoms with Crippen LogP contribution < -0.4 is 5.32 Å². The molecule has 0 spiro atoms. The highest BCUT2D eigenvalue weighted by atomic mass is 32.1. The van der Waals surface area contributed by atoms with Crippen LogP contribution in [0, 0.1) is 18.3 Å². The van der Waals surface area contributed by atoms with Crippen molar-refractivity contribution in [3.63, 3.8) is 0 Å². The van der Waals surface area contributed by atoms with Gasteiger partial charge in [0, 0.05) is 12.5 Å². The number of allylic oxidation sites excluding steroid dienone is 1. The number of hydrogen-bond acceptors (Lipinski definition) is 4. The molecule has 0 atom stereocenters. The Labute approximate surface area is 175 Å². The zero-order chi connectivity index (χ0) is 21.0. The molecule has 29 heavy (non-hydrogen) atoms. The van der Waals surface area contributed by atoms with Crippen molar-refractivity contribution in [1.82, 2.24) is 4.98 Å². The molecule has 1 amide bonds. The summed E-state index contributed by atoms with van der Waals surface area (Å²) in [6, 6.07) is 18.4. The van der Waals surface area contributed by atoms with Crippen LogP contribution in [0.4, 0.5) is 5.00 Å². The third-order valence-corrected chi connectivity index (χ3v) is 5.51. The number of aryl methyl sites for hydroxylation is 1. The van der Waals surface area contributed by atoms with Crippen LogP contribution in [-0.4, -0.2) is 10.9 Å². The van der Waals surface area contributed by atoms with Crippen molar-refractivity contribution in [1.29, 1.82) is 5.26 Å². The number of nitrogens with one attached hydrogen (secondary N) is 1. The lowest BCUT2D eigenvalue weighted by molar-refractivity contribution is -0.114. The highest BCUT2D eigenvalue weighted by molar-refractivity contribution is 7.17. The molecule has 1 N–H and O–H groups in total. The summed E-state index contributed by atoms with van der Waals surface area (Å²) in [6.07, 6.45) is 1.83. The summed E-state index contributed by atoms with van der Waals surface area (Å²) in [5.41, 5.74) is 5.39. The van der Waals surface area contributed by atoms with Gasteiger partial charge in [-0.25, -0.2) is 4.98 Å². The van der Waals surface area contributed by atoms with E-state index in [0.717, 1.165) is 16.7 Å². The molecule has 146 valence electrons. The Balaban J connectivity index is 2.02. The second-order valence-corrected chi connectivity index (χ2v) is 8.23. The summed E-state index contributed by atoms with van der Waals surface area (Å²) in [4.78, 5) is 16.4. The first-order valence-corrected chi connectivity index (χ1v) is 10.3. The average Bonchev–Trinajstić information content (AvgIpc) is 3.09. The van der Waals surface area contributed by atoms with Crippen LogP contribution in [0.2, 0.25) is 0 Å². The van der Waals surface area contributed by atoms with Crippen LogP contribution in [0.15, 0.2) is 48.5 Å². The standard InChI is InChI=1S/C24H23N3OS/c1-15(2)19-11-7-18(8-12-19)13-21(14-25)23-27-22(24(29-23)26-17(4)28)20-9-5-16(3)6-10-20/h5-13,15H,1-4H3,(H,26,28). The molecule has 0 saturated heterocycles. The number of thiazole rings is 1. The molecule has 0 aliphatic rings. The Morgan fingerprint density at radius 2 is 1.79 bits per heavy atom. The Bertz CT molecular complexity index is 1080. The molecular weight excluding hydrogens is 378 g/mol. The van der Waals surface area contributed by atoms with Crippen molar-refractivity contribution in [3.05, 3.63) is 70.2 Å². The minimum Gasteiger partial charge on any atom is -0.316 e. The van der Waals surface area contributed by atoms with E-state index < -0.39 is 0 Å².